The van der Waals surface area contributed by atoms with Crippen molar-refractivity contribution >= 4 is 22.8 Å². The molecule has 1 aliphatic rings. The van der Waals surface area contributed by atoms with Crippen LogP contribution in [-0.4, -0.2) is 44.1 Å². The fourth-order valence-electron chi connectivity index (χ4n) is 3.62. The molecule has 0 aliphatic heterocycles. The van der Waals surface area contributed by atoms with E-state index < -0.39 is 24.2 Å². The molecule has 1 saturated carbocycles. The number of aromatic amines is 2. The third-order valence-corrected chi connectivity index (χ3v) is 5.00. The average Bonchev–Trinajstić information content (AvgIpc) is 3.33. The first-order valence-electron chi connectivity index (χ1n) is 9.16. The molecule has 3 aromatic rings. The lowest BCUT2D eigenvalue weighted by Gasteiger charge is -2.29. The van der Waals surface area contributed by atoms with Crippen LogP contribution in [0.5, 0.6) is 0 Å². The summed E-state index contributed by atoms with van der Waals surface area (Å²) in [5.41, 5.74) is 0.265. The van der Waals surface area contributed by atoms with Gasteiger partial charge in [0.05, 0.1) is 10.9 Å². The summed E-state index contributed by atoms with van der Waals surface area (Å²) in [6, 6.07) is 1.60. The number of halogens is 3. The van der Waals surface area contributed by atoms with Gasteiger partial charge in [0.25, 0.3) is 12.0 Å². The van der Waals surface area contributed by atoms with Crippen LogP contribution in [0.3, 0.4) is 0 Å². The first kappa shape index (κ1) is 19.1. The van der Waals surface area contributed by atoms with Gasteiger partial charge in [0.2, 0.25) is 5.91 Å². The summed E-state index contributed by atoms with van der Waals surface area (Å²) in [5.74, 6) is 0.117. The summed E-state index contributed by atoms with van der Waals surface area (Å²) in [7, 11) is 0. The minimum absolute atomic E-state index is 0.376. The van der Waals surface area contributed by atoms with Crippen molar-refractivity contribution in [3.05, 3.63) is 31.0 Å². The van der Waals surface area contributed by atoms with E-state index in [0.29, 0.717) is 30.1 Å². The molecular weight excluding hydrogens is 387 g/mol. The Hall–Kier alpha value is -3.24. The largest absolute Gasteiger partial charge is 0.405 e. The zero-order valence-electron chi connectivity index (χ0n) is 15.3. The third kappa shape index (κ3) is 3.98. The molecule has 1 aliphatic carbocycles. The second kappa shape index (κ2) is 7.30. The summed E-state index contributed by atoms with van der Waals surface area (Å²) in [4.78, 5) is 31.5. The van der Waals surface area contributed by atoms with Crippen molar-refractivity contribution in [2.24, 2.45) is 0 Å². The number of rotatable bonds is 5. The Kier molecular flexibility index (Phi) is 4.81. The molecule has 0 atom stereocenters. The van der Waals surface area contributed by atoms with Crippen LogP contribution in [0, 0.1) is 0 Å². The first-order chi connectivity index (χ1) is 13.9. The smallest absolute Gasteiger partial charge is 0.356 e. The van der Waals surface area contributed by atoms with Crippen molar-refractivity contribution in [3.8, 4) is 11.4 Å². The van der Waals surface area contributed by atoms with Gasteiger partial charge in [0.1, 0.15) is 24.1 Å². The lowest BCUT2D eigenvalue weighted by atomic mass is 9.96. The molecule has 29 heavy (non-hydrogen) atoms. The van der Waals surface area contributed by atoms with Gasteiger partial charge in [0.15, 0.2) is 5.82 Å². The molecule has 4 N–H and O–H groups in total. The highest BCUT2D eigenvalue weighted by Gasteiger charge is 2.42. The number of aromatic nitrogens is 5. The van der Waals surface area contributed by atoms with Gasteiger partial charge >= 0.3 is 6.18 Å². The Morgan fingerprint density at radius 1 is 1.28 bits per heavy atom. The highest BCUT2D eigenvalue weighted by atomic mass is 19.4. The molecule has 3 heterocycles. The second-order valence-corrected chi connectivity index (χ2v) is 7.01. The standard InChI is InChI=1S/C18H18F3N7O/c19-18(20,21)9-25-16(29)17(4-1-2-5-17)28-13-3-6-23-15(27-13)12-8-24-14-11(12)7-22-10-26-14/h3,6-8,10H,1-2,4-5,9H2,(H,25,29)(H,22,24,26)(H,23,27,28)/p+1. The van der Waals surface area contributed by atoms with Crippen LogP contribution >= 0.6 is 0 Å². The van der Waals surface area contributed by atoms with Crippen molar-refractivity contribution in [2.75, 3.05) is 11.9 Å². The van der Waals surface area contributed by atoms with Gasteiger partial charge in [-0.15, -0.1) is 0 Å². The van der Waals surface area contributed by atoms with Crippen molar-refractivity contribution in [1.82, 2.24) is 25.3 Å². The molecule has 0 spiro atoms. The van der Waals surface area contributed by atoms with Crippen LogP contribution in [0.2, 0.25) is 0 Å². The van der Waals surface area contributed by atoms with Crippen molar-refractivity contribution in [3.63, 3.8) is 0 Å². The number of nitrogens with one attached hydrogen (secondary N) is 4. The molecule has 1 fully saturated rings. The maximum absolute atomic E-state index is 12.6. The van der Waals surface area contributed by atoms with Gasteiger partial charge in [0, 0.05) is 12.4 Å². The number of nitrogens with zero attached hydrogens (tertiary/aromatic N) is 3. The molecule has 0 unspecified atom stereocenters. The fraction of sp³-hybridized carbons (Fsp3) is 0.389. The topological polar surface area (TPSA) is 110 Å². The first-order valence-corrected chi connectivity index (χ1v) is 9.16. The van der Waals surface area contributed by atoms with Gasteiger partial charge in [-0.3, -0.25) is 4.79 Å². The molecule has 11 heteroatoms. The summed E-state index contributed by atoms with van der Waals surface area (Å²) < 4.78 is 37.6. The van der Waals surface area contributed by atoms with E-state index in [9.17, 15) is 18.0 Å². The van der Waals surface area contributed by atoms with Gasteiger partial charge in [-0.05, 0) is 23.9 Å². The highest BCUT2D eigenvalue weighted by Crippen LogP contribution is 2.34. The Bertz CT molecular complexity index is 1030. The minimum Gasteiger partial charge on any atom is -0.356 e. The lowest BCUT2D eigenvalue weighted by molar-refractivity contribution is -0.380. The van der Waals surface area contributed by atoms with Gasteiger partial charge in [-0.2, -0.15) is 13.2 Å². The zero-order valence-corrected chi connectivity index (χ0v) is 15.3. The second-order valence-electron chi connectivity index (χ2n) is 7.01. The SMILES string of the molecule is O=C(NCC(F)(F)F)C1(Nc2ccnc(-c3c[nH]c4nc[nH+]cc34)n2)CCCC1. The number of carbonyl (C=O) groups is 1. The molecule has 3 aromatic heterocycles. The molecule has 4 rings (SSSR count). The number of amides is 1. The lowest BCUT2D eigenvalue weighted by Crippen LogP contribution is -2.52. The number of hydrogen-bond donors (Lipinski definition) is 3. The zero-order chi connectivity index (χ0) is 20.5. The predicted molar refractivity (Wildman–Crippen MR) is 97.6 cm³/mol. The van der Waals surface area contributed by atoms with E-state index in [4.69, 9.17) is 0 Å². The van der Waals surface area contributed by atoms with Crippen molar-refractivity contribution in [1.29, 1.82) is 0 Å². The molecule has 0 saturated heterocycles. The number of H-pyrrole nitrogens is 2. The number of anilines is 1. The van der Waals surface area contributed by atoms with Crippen molar-refractivity contribution < 1.29 is 22.9 Å². The van der Waals surface area contributed by atoms with Crippen molar-refractivity contribution in [2.45, 2.75) is 37.4 Å². The average molecular weight is 406 g/mol. The molecule has 0 radical (unpaired) electrons. The minimum atomic E-state index is -4.46. The Morgan fingerprint density at radius 2 is 2.07 bits per heavy atom. The van der Waals surface area contributed by atoms with E-state index in [2.05, 4.69) is 30.2 Å². The van der Waals surface area contributed by atoms with Gasteiger partial charge in [-0.1, -0.05) is 12.8 Å². The van der Waals surface area contributed by atoms with Crippen LogP contribution in [0.1, 0.15) is 25.7 Å². The quantitative estimate of drug-likeness (QED) is 0.602. The number of alkyl halides is 3. The highest BCUT2D eigenvalue weighted by molar-refractivity contribution is 5.91. The van der Waals surface area contributed by atoms with E-state index in [0.717, 1.165) is 23.8 Å². The Labute approximate surface area is 163 Å². The molecular formula is C18H19F3N7O+. The molecule has 0 bridgehead atoms. The van der Waals surface area contributed by atoms with Crippen LogP contribution in [0.15, 0.2) is 31.0 Å². The fourth-order valence-corrected chi connectivity index (χ4v) is 3.62. The summed E-state index contributed by atoms with van der Waals surface area (Å²) >= 11 is 0. The Balaban J connectivity index is 1.59. The van der Waals surface area contributed by atoms with E-state index in [1.807, 2.05) is 5.32 Å². The van der Waals surface area contributed by atoms with E-state index >= 15 is 0 Å². The summed E-state index contributed by atoms with van der Waals surface area (Å²) in [6.07, 6.45) is 4.47. The monoisotopic (exact) mass is 406 g/mol. The van der Waals surface area contributed by atoms with E-state index in [1.165, 1.54) is 0 Å². The molecule has 8 nitrogen and oxygen atoms in total. The van der Waals surface area contributed by atoms with Crippen LogP contribution < -0.4 is 15.6 Å². The van der Waals surface area contributed by atoms with Crippen LogP contribution in [-0.2, 0) is 4.79 Å². The normalized spacial score (nSPS) is 16.1. The van der Waals surface area contributed by atoms with Crippen LogP contribution in [0.25, 0.3) is 22.4 Å². The summed E-state index contributed by atoms with van der Waals surface area (Å²) in [6.45, 7) is -1.36. The third-order valence-electron chi connectivity index (χ3n) is 5.00. The summed E-state index contributed by atoms with van der Waals surface area (Å²) in [5, 5.41) is 5.88. The predicted octanol–water partition coefficient (Wildman–Crippen LogP) is 2.24. The Morgan fingerprint density at radius 3 is 2.83 bits per heavy atom. The molecule has 152 valence electrons. The van der Waals surface area contributed by atoms with Gasteiger partial charge in [-0.25, -0.2) is 15.0 Å². The molecule has 0 aromatic carbocycles. The maximum Gasteiger partial charge on any atom is 0.405 e. The number of fused-ring (bicyclic) bond motifs is 1. The molecule has 1 amide bonds. The maximum atomic E-state index is 12.6. The van der Waals surface area contributed by atoms with E-state index in [1.54, 1.807) is 31.0 Å². The van der Waals surface area contributed by atoms with Crippen LogP contribution in [0.4, 0.5) is 19.0 Å². The van der Waals surface area contributed by atoms with E-state index in [-0.39, 0.29) is 0 Å². The number of hydrogen-bond acceptors (Lipinski definition) is 5. The van der Waals surface area contributed by atoms with Gasteiger partial charge < -0.3 is 15.6 Å². The number of carbonyl (C=O) groups excluding carboxylic acids is 1.